The first-order chi connectivity index (χ1) is 15.0. The lowest BCUT2D eigenvalue weighted by Gasteiger charge is -2.16. The second-order valence-corrected chi connectivity index (χ2v) is 7.79. The summed E-state index contributed by atoms with van der Waals surface area (Å²) in [6.07, 6.45) is 4.16. The number of nitrogens with one attached hydrogen (secondary N) is 2. The summed E-state index contributed by atoms with van der Waals surface area (Å²) in [7, 11) is 1.61. The number of aromatic nitrogens is 3. The zero-order valence-electron chi connectivity index (χ0n) is 17.8. The second-order valence-electron chi connectivity index (χ2n) is 7.79. The fraction of sp³-hybridized carbons (Fsp3) is 0.455. The molecule has 4 rings (SSSR count). The zero-order chi connectivity index (χ0) is 22.0. The first kappa shape index (κ1) is 21.2. The molecule has 9 heteroatoms. The second kappa shape index (κ2) is 8.99. The van der Waals surface area contributed by atoms with Crippen molar-refractivity contribution in [2.75, 3.05) is 26.9 Å². The summed E-state index contributed by atoms with van der Waals surface area (Å²) in [5, 5.41) is 11.9. The van der Waals surface area contributed by atoms with Crippen LogP contribution in [0.4, 0.5) is 0 Å². The Morgan fingerprint density at radius 3 is 3.00 bits per heavy atom. The molecule has 9 nitrogen and oxygen atoms in total. The van der Waals surface area contributed by atoms with Gasteiger partial charge in [-0.2, -0.15) is 0 Å². The van der Waals surface area contributed by atoms with Gasteiger partial charge in [0, 0.05) is 39.6 Å². The number of hydrogen-bond acceptors (Lipinski definition) is 6. The largest absolute Gasteiger partial charge is 0.385 e. The lowest BCUT2D eigenvalue weighted by Crippen LogP contribution is -2.38. The molecule has 164 valence electrons. The van der Waals surface area contributed by atoms with Crippen LogP contribution in [0.1, 0.15) is 35.2 Å². The number of carbonyl (C=O) groups is 1. The molecule has 2 N–H and O–H groups in total. The van der Waals surface area contributed by atoms with E-state index in [1.807, 2.05) is 13.0 Å². The van der Waals surface area contributed by atoms with Crippen molar-refractivity contribution in [3.05, 3.63) is 51.4 Å². The van der Waals surface area contributed by atoms with Crippen molar-refractivity contribution in [3.63, 3.8) is 0 Å². The number of nitrogens with zero attached hydrogens (tertiary/aromatic N) is 3. The predicted octanol–water partition coefficient (Wildman–Crippen LogP) is 1.38. The highest BCUT2D eigenvalue weighted by Gasteiger charge is 2.20. The van der Waals surface area contributed by atoms with E-state index in [4.69, 9.17) is 19.9 Å². The molecule has 4 heterocycles. The Bertz CT molecular complexity index is 1240. The van der Waals surface area contributed by atoms with E-state index in [1.54, 1.807) is 23.9 Å². The van der Waals surface area contributed by atoms with Gasteiger partial charge in [0.2, 0.25) is 0 Å². The maximum absolute atomic E-state index is 13.2. The minimum absolute atomic E-state index is 0.00775. The third-order valence-corrected chi connectivity index (χ3v) is 5.62. The summed E-state index contributed by atoms with van der Waals surface area (Å²) in [5.41, 5.74) is 1.70. The molecular formula is C22H27N5O4. The van der Waals surface area contributed by atoms with Crippen LogP contribution in [-0.4, -0.2) is 52.8 Å². The molecule has 3 aromatic rings. The van der Waals surface area contributed by atoms with Gasteiger partial charge >= 0.3 is 0 Å². The van der Waals surface area contributed by atoms with E-state index < -0.39 is 5.91 Å². The molecule has 1 atom stereocenters. The SMILES string of the molecule is COCCCn1c(=N)c(C(=O)NC[C@H]2CCCO2)cc2c(=O)n3cccc(C)c3nc21. The van der Waals surface area contributed by atoms with Crippen LogP contribution in [0.15, 0.2) is 29.2 Å². The predicted molar refractivity (Wildman–Crippen MR) is 115 cm³/mol. The van der Waals surface area contributed by atoms with E-state index >= 15 is 0 Å². The summed E-state index contributed by atoms with van der Waals surface area (Å²) in [6.45, 7) is 3.87. The smallest absolute Gasteiger partial charge is 0.267 e. The van der Waals surface area contributed by atoms with Crippen LogP contribution in [0.5, 0.6) is 0 Å². The summed E-state index contributed by atoms with van der Waals surface area (Å²) < 4.78 is 13.8. The number of fused-ring (bicyclic) bond motifs is 2. The van der Waals surface area contributed by atoms with Gasteiger partial charge in [-0.15, -0.1) is 0 Å². The van der Waals surface area contributed by atoms with Gasteiger partial charge in [0.25, 0.3) is 11.5 Å². The molecular weight excluding hydrogens is 398 g/mol. The normalized spacial score (nSPS) is 16.3. The molecule has 0 bridgehead atoms. The van der Waals surface area contributed by atoms with Gasteiger partial charge in [-0.3, -0.25) is 19.4 Å². The third-order valence-electron chi connectivity index (χ3n) is 5.62. The van der Waals surface area contributed by atoms with Crippen LogP contribution >= 0.6 is 0 Å². The Kier molecular flexibility index (Phi) is 6.15. The number of rotatable bonds is 7. The van der Waals surface area contributed by atoms with Gasteiger partial charge in [-0.1, -0.05) is 6.07 Å². The molecule has 1 aliphatic rings. The molecule has 1 fully saturated rings. The number of aryl methyl sites for hydroxylation is 2. The first-order valence-corrected chi connectivity index (χ1v) is 10.5. The van der Waals surface area contributed by atoms with Crippen LogP contribution in [-0.2, 0) is 16.0 Å². The summed E-state index contributed by atoms with van der Waals surface area (Å²) in [5.74, 6) is -0.392. The van der Waals surface area contributed by atoms with Crippen molar-refractivity contribution in [1.82, 2.24) is 19.3 Å². The molecule has 0 spiro atoms. The summed E-state index contributed by atoms with van der Waals surface area (Å²) in [6, 6.07) is 5.16. The van der Waals surface area contributed by atoms with Crippen LogP contribution in [0, 0.1) is 12.3 Å². The van der Waals surface area contributed by atoms with Gasteiger partial charge in [-0.25, -0.2) is 4.98 Å². The standard InChI is InChI=1S/C22H27N5O4/c1-14-6-3-8-27-19(14)25-20-17(22(27)29)12-16(18(23)26(20)9-5-10-30-2)21(28)24-13-15-7-4-11-31-15/h3,6,8,12,15,23H,4-5,7,9-11,13H2,1-2H3,(H,24,28)/t15-/m1/s1. The van der Waals surface area contributed by atoms with Crippen molar-refractivity contribution in [3.8, 4) is 0 Å². The topological polar surface area (TPSA) is 111 Å². The molecule has 0 aliphatic carbocycles. The Morgan fingerprint density at radius 2 is 2.26 bits per heavy atom. The van der Waals surface area contributed by atoms with Crippen LogP contribution in [0.2, 0.25) is 0 Å². The van der Waals surface area contributed by atoms with Crippen LogP contribution < -0.4 is 16.4 Å². The van der Waals surface area contributed by atoms with E-state index in [2.05, 4.69) is 5.32 Å². The fourth-order valence-electron chi connectivity index (χ4n) is 3.96. The molecule has 0 unspecified atom stereocenters. The number of ether oxygens (including phenoxy) is 2. The molecule has 3 aromatic heterocycles. The summed E-state index contributed by atoms with van der Waals surface area (Å²) in [4.78, 5) is 30.9. The maximum Gasteiger partial charge on any atom is 0.267 e. The van der Waals surface area contributed by atoms with Gasteiger partial charge in [0.15, 0.2) is 0 Å². The molecule has 0 radical (unpaired) electrons. The van der Waals surface area contributed by atoms with Gasteiger partial charge in [0.05, 0.1) is 17.1 Å². The monoisotopic (exact) mass is 425 g/mol. The van der Waals surface area contributed by atoms with Crippen molar-refractivity contribution in [2.45, 2.75) is 38.8 Å². The Morgan fingerprint density at radius 1 is 1.42 bits per heavy atom. The Labute approximate surface area is 179 Å². The first-order valence-electron chi connectivity index (χ1n) is 10.5. The van der Waals surface area contributed by atoms with Gasteiger partial charge < -0.3 is 19.4 Å². The van der Waals surface area contributed by atoms with E-state index in [9.17, 15) is 9.59 Å². The average molecular weight is 425 g/mol. The van der Waals surface area contributed by atoms with Crippen molar-refractivity contribution >= 4 is 22.6 Å². The molecule has 1 amide bonds. The highest BCUT2D eigenvalue weighted by atomic mass is 16.5. The zero-order valence-corrected chi connectivity index (χ0v) is 17.8. The molecule has 1 saturated heterocycles. The van der Waals surface area contributed by atoms with Gasteiger partial charge in [-0.05, 0) is 43.9 Å². The summed E-state index contributed by atoms with van der Waals surface area (Å²) >= 11 is 0. The average Bonchev–Trinajstić information content (AvgIpc) is 3.28. The highest BCUT2D eigenvalue weighted by Crippen LogP contribution is 2.14. The van der Waals surface area contributed by atoms with E-state index in [1.165, 1.54) is 10.5 Å². The Hall–Kier alpha value is -3.04. The van der Waals surface area contributed by atoms with Crippen LogP contribution in [0.25, 0.3) is 16.7 Å². The number of carbonyl (C=O) groups excluding carboxylic acids is 1. The van der Waals surface area contributed by atoms with E-state index in [0.29, 0.717) is 49.4 Å². The van der Waals surface area contributed by atoms with Gasteiger partial charge in [0.1, 0.15) is 16.8 Å². The number of amides is 1. The minimum atomic E-state index is -0.392. The highest BCUT2D eigenvalue weighted by molar-refractivity contribution is 5.96. The number of methoxy groups -OCH3 is 1. The van der Waals surface area contributed by atoms with Crippen molar-refractivity contribution in [1.29, 1.82) is 5.41 Å². The van der Waals surface area contributed by atoms with Crippen LogP contribution in [0.3, 0.4) is 0 Å². The number of pyridine rings is 2. The molecule has 0 aromatic carbocycles. The maximum atomic E-state index is 13.2. The molecule has 0 saturated carbocycles. The molecule has 1 aliphatic heterocycles. The van der Waals surface area contributed by atoms with Crippen molar-refractivity contribution in [2.24, 2.45) is 0 Å². The third kappa shape index (κ3) is 4.11. The quantitative estimate of drug-likeness (QED) is 0.439. The minimum Gasteiger partial charge on any atom is -0.385 e. The fourth-order valence-corrected chi connectivity index (χ4v) is 3.96. The molecule has 31 heavy (non-hydrogen) atoms. The van der Waals surface area contributed by atoms with E-state index in [0.717, 1.165) is 18.4 Å². The van der Waals surface area contributed by atoms with Crippen molar-refractivity contribution < 1.29 is 14.3 Å². The lowest BCUT2D eigenvalue weighted by atomic mass is 10.1. The number of hydrogen-bond donors (Lipinski definition) is 2. The van der Waals surface area contributed by atoms with E-state index in [-0.39, 0.29) is 22.7 Å². The lowest BCUT2D eigenvalue weighted by molar-refractivity contribution is 0.0855. The Balaban J connectivity index is 1.84.